The van der Waals surface area contributed by atoms with E-state index >= 15 is 0 Å². The first-order valence-corrected chi connectivity index (χ1v) is 8.37. The molecule has 1 aliphatic rings. The Hall–Kier alpha value is -1.66. The van der Waals surface area contributed by atoms with Gasteiger partial charge in [0.25, 0.3) is 5.91 Å². The van der Waals surface area contributed by atoms with E-state index in [1.165, 1.54) is 28.9 Å². The third kappa shape index (κ3) is 4.24. The molecule has 0 spiro atoms. The van der Waals surface area contributed by atoms with E-state index in [-0.39, 0.29) is 12.1 Å². The third-order valence-electron chi connectivity index (χ3n) is 3.66. The van der Waals surface area contributed by atoms with Crippen LogP contribution in [0.25, 0.3) is 0 Å². The molecule has 1 aliphatic heterocycles. The lowest BCUT2D eigenvalue weighted by Gasteiger charge is -2.15. The van der Waals surface area contributed by atoms with Crippen LogP contribution in [0.5, 0.6) is 0 Å². The third-order valence-corrected chi connectivity index (χ3v) is 4.75. The highest BCUT2D eigenvalue weighted by molar-refractivity contribution is 7.99. The zero-order chi connectivity index (χ0) is 17.9. The maximum Gasteiger partial charge on any atom is 0.320 e. The highest BCUT2D eigenvalue weighted by Gasteiger charge is 2.43. The first kappa shape index (κ1) is 18.7. The van der Waals surface area contributed by atoms with E-state index in [1.54, 1.807) is 0 Å². The van der Waals surface area contributed by atoms with Crippen LogP contribution in [0.2, 0.25) is 0 Å². The summed E-state index contributed by atoms with van der Waals surface area (Å²) in [5.41, 5.74) is 10.6. The number of thioether (sulfide) groups is 1. The number of aliphatic carboxylic acids is 1. The number of rotatable bonds is 8. The van der Waals surface area contributed by atoms with E-state index in [4.69, 9.17) is 21.3 Å². The number of carboxylic acid groups (broad SMARTS) is 1. The molecule has 11 heteroatoms. The molecule has 0 bridgehead atoms. The van der Waals surface area contributed by atoms with Crippen LogP contribution in [0.1, 0.15) is 23.1 Å². The maximum atomic E-state index is 11.1. The molecule has 1 fully saturated rings. The zero-order valence-corrected chi connectivity index (χ0v) is 13.5. The number of amides is 1. The van der Waals surface area contributed by atoms with Crippen molar-refractivity contribution in [3.63, 3.8) is 0 Å². The number of primary amides is 1. The molecule has 0 aliphatic carbocycles. The summed E-state index contributed by atoms with van der Waals surface area (Å²) >= 11 is 1.37. The standard InChI is InChI=1S/C13H20N4O6S/c14-6(13(21)22)1-2-24-4-8-9(18)10(19)12(23-8)17-3-7(11(15)20)16-5-17/h3,5-6,8-10,12,18-19H,1-2,4,14H2,(H2,15,20)(H,21,22)/t6-,8-,9-,10-,12-/m1/s1. The van der Waals surface area contributed by atoms with Gasteiger partial charge in [-0.3, -0.25) is 9.59 Å². The van der Waals surface area contributed by atoms with Crippen LogP contribution in [0.4, 0.5) is 0 Å². The number of nitrogens with zero attached hydrogens (tertiary/aromatic N) is 2. The summed E-state index contributed by atoms with van der Waals surface area (Å²) in [5.74, 6) is -0.923. The minimum Gasteiger partial charge on any atom is -0.480 e. The zero-order valence-electron chi connectivity index (χ0n) is 12.7. The number of nitrogens with two attached hydrogens (primary N) is 2. The molecule has 134 valence electrons. The smallest absolute Gasteiger partial charge is 0.320 e. The Morgan fingerprint density at radius 1 is 1.42 bits per heavy atom. The van der Waals surface area contributed by atoms with Crippen LogP contribution in [0, 0.1) is 0 Å². The van der Waals surface area contributed by atoms with E-state index in [2.05, 4.69) is 4.98 Å². The van der Waals surface area contributed by atoms with Crippen molar-refractivity contribution < 1.29 is 29.6 Å². The molecule has 5 atom stereocenters. The fraction of sp³-hybridized carbons (Fsp3) is 0.615. The molecule has 10 nitrogen and oxygen atoms in total. The summed E-state index contributed by atoms with van der Waals surface area (Å²) in [6.07, 6.45) is -0.907. The number of ether oxygens (including phenoxy) is 1. The van der Waals surface area contributed by atoms with Gasteiger partial charge in [-0.15, -0.1) is 0 Å². The van der Waals surface area contributed by atoms with E-state index in [9.17, 15) is 19.8 Å². The lowest BCUT2D eigenvalue weighted by Crippen LogP contribution is -2.33. The average molecular weight is 360 g/mol. The van der Waals surface area contributed by atoms with Crippen molar-refractivity contribution in [3.05, 3.63) is 18.2 Å². The van der Waals surface area contributed by atoms with Crippen LogP contribution in [0.3, 0.4) is 0 Å². The maximum absolute atomic E-state index is 11.1. The van der Waals surface area contributed by atoms with E-state index in [0.29, 0.717) is 11.5 Å². The van der Waals surface area contributed by atoms with Crippen LogP contribution in [-0.4, -0.2) is 72.6 Å². The van der Waals surface area contributed by atoms with Crippen molar-refractivity contribution in [1.29, 1.82) is 0 Å². The summed E-state index contributed by atoms with van der Waals surface area (Å²) in [4.78, 5) is 25.5. The average Bonchev–Trinajstić information content (AvgIpc) is 3.11. The second-order valence-electron chi connectivity index (χ2n) is 5.42. The highest BCUT2D eigenvalue weighted by Crippen LogP contribution is 2.31. The number of carboxylic acids is 1. The van der Waals surface area contributed by atoms with Crippen molar-refractivity contribution in [3.8, 4) is 0 Å². The topological polar surface area (TPSA) is 174 Å². The van der Waals surface area contributed by atoms with Gasteiger partial charge in [-0.05, 0) is 12.2 Å². The molecule has 0 aromatic carbocycles. The SMILES string of the molecule is NC(=O)c1cn([C@@H]2O[C@H](CSCC[C@@H](N)C(=O)O)[C@@H](O)[C@H]2O)cn1. The van der Waals surface area contributed by atoms with Gasteiger partial charge in [-0.1, -0.05) is 0 Å². The second kappa shape index (κ2) is 7.94. The number of hydrogen-bond acceptors (Lipinski definition) is 8. The van der Waals surface area contributed by atoms with Gasteiger partial charge in [-0.25, -0.2) is 4.98 Å². The number of carbonyl (C=O) groups excluding carboxylic acids is 1. The minimum absolute atomic E-state index is 0.0285. The van der Waals surface area contributed by atoms with Crippen LogP contribution < -0.4 is 11.5 Å². The monoisotopic (exact) mass is 360 g/mol. The van der Waals surface area contributed by atoms with Gasteiger partial charge in [0, 0.05) is 11.9 Å². The van der Waals surface area contributed by atoms with Gasteiger partial charge in [0.2, 0.25) is 0 Å². The summed E-state index contributed by atoms with van der Waals surface area (Å²) in [6, 6.07) is -0.927. The van der Waals surface area contributed by atoms with Gasteiger partial charge < -0.3 is 36.1 Å². The second-order valence-corrected chi connectivity index (χ2v) is 6.57. The Labute approximate surface area is 141 Å². The molecule has 24 heavy (non-hydrogen) atoms. The fourth-order valence-corrected chi connectivity index (χ4v) is 3.34. The molecular formula is C13H20N4O6S. The molecule has 1 aromatic rings. The first-order chi connectivity index (χ1) is 11.3. The van der Waals surface area contributed by atoms with E-state index < -0.39 is 42.5 Å². The Morgan fingerprint density at radius 2 is 2.12 bits per heavy atom. The number of aromatic nitrogens is 2. The van der Waals surface area contributed by atoms with Crippen molar-refractivity contribution in [1.82, 2.24) is 9.55 Å². The summed E-state index contributed by atoms with van der Waals surface area (Å²) in [6.45, 7) is 0. The number of aliphatic hydroxyl groups excluding tert-OH is 2. The molecule has 1 amide bonds. The van der Waals surface area contributed by atoms with Gasteiger partial charge in [0.15, 0.2) is 6.23 Å². The highest BCUT2D eigenvalue weighted by atomic mass is 32.2. The molecule has 2 heterocycles. The Morgan fingerprint density at radius 3 is 2.71 bits per heavy atom. The van der Waals surface area contributed by atoms with Crippen LogP contribution in [0.15, 0.2) is 12.5 Å². The first-order valence-electron chi connectivity index (χ1n) is 7.22. The summed E-state index contributed by atoms with van der Waals surface area (Å²) in [7, 11) is 0. The van der Waals surface area contributed by atoms with Gasteiger partial charge in [-0.2, -0.15) is 11.8 Å². The lowest BCUT2D eigenvalue weighted by molar-refractivity contribution is -0.138. The van der Waals surface area contributed by atoms with Gasteiger partial charge >= 0.3 is 5.97 Å². The Balaban J connectivity index is 1.87. The molecule has 0 unspecified atom stereocenters. The van der Waals surface area contributed by atoms with E-state index in [0.717, 1.165) is 0 Å². The van der Waals surface area contributed by atoms with Gasteiger partial charge in [0.1, 0.15) is 23.9 Å². The molecule has 1 saturated heterocycles. The fourth-order valence-electron chi connectivity index (χ4n) is 2.25. The normalized spacial score (nSPS) is 28.0. The number of imidazole rings is 1. The predicted octanol–water partition coefficient (Wildman–Crippen LogP) is -1.86. The minimum atomic E-state index is -1.19. The van der Waals surface area contributed by atoms with Crippen LogP contribution >= 0.6 is 11.8 Å². The summed E-state index contributed by atoms with van der Waals surface area (Å²) in [5, 5.41) is 28.9. The largest absolute Gasteiger partial charge is 0.480 e. The molecular weight excluding hydrogens is 340 g/mol. The summed E-state index contributed by atoms with van der Waals surface area (Å²) < 4.78 is 7.00. The number of carbonyl (C=O) groups is 2. The van der Waals surface area contributed by atoms with E-state index in [1.807, 2.05) is 0 Å². The van der Waals surface area contributed by atoms with Crippen molar-refractivity contribution >= 4 is 23.6 Å². The van der Waals surface area contributed by atoms with Crippen molar-refractivity contribution in [2.24, 2.45) is 11.5 Å². The molecule has 2 rings (SSSR count). The quantitative estimate of drug-likeness (QED) is 0.333. The predicted molar refractivity (Wildman–Crippen MR) is 84.2 cm³/mol. The lowest BCUT2D eigenvalue weighted by atomic mass is 10.1. The molecule has 0 saturated carbocycles. The van der Waals surface area contributed by atoms with Crippen molar-refractivity contribution in [2.45, 2.75) is 37.0 Å². The number of hydrogen-bond donors (Lipinski definition) is 5. The van der Waals surface area contributed by atoms with Crippen LogP contribution in [-0.2, 0) is 9.53 Å². The van der Waals surface area contributed by atoms with Gasteiger partial charge in [0.05, 0.1) is 12.4 Å². The molecule has 7 N–H and O–H groups in total. The van der Waals surface area contributed by atoms with Crippen molar-refractivity contribution in [2.75, 3.05) is 11.5 Å². The number of aliphatic hydroxyl groups is 2. The Kier molecular flexibility index (Phi) is 6.18. The molecule has 0 radical (unpaired) electrons. The molecule has 1 aromatic heterocycles. The Bertz CT molecular complexity index is 597.